The first-order valence-electron chi connectivity index (χ1n) is 8.30. The number of methoxy groups -OCH3 is 1. The summed E-state index contributed by atoms with van der Waals surface area (Å²) in [7, 11) is 1.63. The number of rotatable bonds is 7. The van der Waals surface area contributed by atoms with Crippen molar-refractivity contribution in [1.29, 1.82) is 0 Å². The van der Waals surface area contributed by atoms with Gasteiger partial charge < -0.3 is 19.9 Å². The summed E-state index contributed by atoms with van der Waals surface area (Å²) in [5.41, 5.74) is 1.79. The number of hydrogen-bond acceptors (Lipinski definition) is 5. The quantitative estimate of drug-likeness (QED) is 0.752. The highest BCUT2D eigenvalue weighted by molar-refractivity contribution is 5.92. The smallest absolute Gasteiger partial charge is 0.238 e. The highest BCUT2D eigenvalue weighted by atomic mass is 16.5. The Morgan fingerprint density at radius 2 is 2.08 bits per heavy atom. The molecule has 7 nitrogen and oxygen atoms in total. The highest BCUT2D eigenvalue weighted by Crippen LogP contribution is 2.24. The summed E-state index contributed by atoms with van der Waals surface area (Å²) in [6.07, 6.45) is 3.35. The predicted octanol–water partition coefficient (Wildman–Crippen LogP) is 1.46. The fourth-order valence-electron chi connectivity index (χ4n) is 2.81. The van der Waals surface area contributed by atoms with Gasteiger partial charge in [-0.3, -0.25) is 4.79 Å². The van der Waals surface area contributed by atoms with Gasteiger partial charge in [0, 0.05) is 37.9 Å². The Kier molecular flexibility index (Phi) is 5.55. The number of amides is 1. The second-order valence-corrected chi connectivity index (χ2v) is 5.84. The molecule has 7 heteroatoms. The van der Waals surface area contributed by atoms with Crippen LogP contribution in [0.2, 0.25) is 0 Å². The second kappa shape index (κ2) is 8.03. The molecule has 0 saturated heterocycles. The van der Waals surface area contributed by atoms with Gasteiger partial charge in [0.2, 0.25) is 5.91 Å². The number of benzene rings is 1. The second-order valence-electron chi connectivity index (χ2n) is 5.84. The average Bonchev–Trinajstić information content (AvgIpc) is 3.04. The van der Waals surface area contributed by atoms with Crippen molar-refractivity contribution in [2.75, 3.05) is 32.1 Å². The fraction of sp³-hybridized carbons (Fsp3) is 0.471. The van der Waals surface area contributed by atoms with E-state index in [1.54, 1.807) is 7.11 Å². The molecule has 0 spiro atoms. The van der Waals surface area contributed by atoms with Gasteiger partial charge in [-0.2, -0.15) is 0 Å². The number of aryl methyl sites for hydroxylation is 1. The number of hydrogen-bond donors (Lipinski definition) is 2. The van der Waals surface area contributed by atoms with Crippen LogP contribution in [0.1, 0.15) is 18.7 Å². The zero-order valence-corrected chi connectivity index (χ0v) is 13.9. The third kappa shape index (κ3) is 3.98. The molecule has 0 atom stereocenters. The van der Waals surface area contributed by atoms with E-state index in [-0.39, 0.29) is 12.5 Å². The van der Waals surface area contributed by atoms with E-state index in [0.717, 1.165) is 35.9 Å². The maximum Gasteiger partial charge on any atom is 0.238 e. The lowest BCUT2D eigenvalue weighted by molar-refractivity contribution is -0.115. The summed E-state index contributed by atoms with van der Waals surface area (Å²) in [4.78, 5) is 11.8. The van der Waals surface area contributed by atoms with Gasteiger partial charge in [0.25, 0.3) is 0 Å². The van der Waals surface area contributed by atoms with E-state index in [1.807, 2.05) is 24.3 Å². The Morgan fingerprint density at radius 3 is 2.88 bits per heavy atom. The first-order valence-corrected chi connectivity index (χ1v) is 8.30. The molecular weight excluding hydrogens is 306 g/mol. The fourth-order valence-corrected chi connectivity index (χ4v) is 2.81. The molecule has 1 aromatic heterocycles. The van der Waals surface area contributed by atoms with Crippen LogP contribution in [0.15, 0.2) is 24.3 Å². The summed E-state index contributed by atoms with van der Waals surface area (Å²) in [6.45, 7) is 2.48. The number of nitrogens with one attached hydrogen (secondary N) is 2. The van der Waals surface area contributed by atoms with Gasteiger partial charge in [0.05, 0.1) is 13.2 Å². The number of anilines is 1. The van der Waals surface area contributed by atoms with Gasteiger partial charge in [-0.1, -0.05) is 0 Å². The molecule has 0 bridgehead atoms. The number of ether oxygens (including phenoxy) is 1. The lowest BCUT2D eigenvalue weighted by Crippen LogP contribution is -2.30. The van der Waals surface area contributed by atoms with Crippen LogP contribution in [0.3, 0.4) is 0 Å². The molecule has 1 aromatic carbocycles. The molecule has 2 heterocycles. The first kappa shape index (κ1) is 16.6. The Balaban J connectivity index is 1.59. The van der Waals surface area contributed by atoms with E-state index < -0.39 is 0 Å². The summed E-state index contributed by atoms with van der Waals surface area (Å²) in [6, 6.07) is 7.74. The van der Waals surface area contributed by atoms with E-state index in [9.17, 15) is 4.79 Å². The number of fused-ring (bicyclic) bond motifs is 1. The minimum absolute atomic E-state index is 0.0706. The van der Waals surface area contributed by atoms with Crippen molar-refractivity contribution < 1.29 is 9.53 Å². The molecule has 128 valence electrons. The summed E-state index contributed by atoms with van der Waals surface area (Å²) >= 11 is 0. The largest absolute Gasteiger partial charge is 0.383 e. The van der Waals surface area contributed by atoms with E-state index in [1.165, 1.54) is 12.8 Å². The molecule has 3 rings (SSSR count). The number of aromatic nitrogens is 3. The van der Waals surface area contributed by atoms with Crippen LogP contribution >= 0.6 is 0 Å². The first-order chi connectivity index (χ1) is 11.8. The van der Waals surface area contributed by atoms with Crippen LogP contribution in [0.5, 0.6) is 0 Å². The zero-order valence-electron chi connectivity index (χ0n) is 13.9. The van der Waals surface area contributed by atoms with Crippen molar-refractivity contribution in [3.05, 3.63) is 30.1 Å². The highest BCUT2D eigenvalue weighted by Gasteiger charge is 2.16. The maximum atomic E-state index is 11.8. The molecule has 1 amide bonds. The van der Waals surface area contributed by atoms with Crippen LogP contribution < -0.4 is 10.6 Å². The van der Waals surface area contributed by atoms with Crippen LogP contribution in [0, 0.1) is 0 Å². The van der Waals surface area contributed by atoms with Crippen molar-refractivity contribution in [3.8, 4) is 11.4 Å². The Bertz CT molecular complexity index is 681. The molecule has 0 saturated carbocycles. The molecule has 1 aliphatic heterocycles. The molecule has 2 N–H and O–H groups in total. The van der Waals surface area contributed by atoms with Crippen molar-refractivity contribution in [2.24, 2.45) is 0 Å². The number of nitrogens with zero attached hydrogens (tertiary/aromatic N) is 3. The third-order valence-electron chi connectivity index (χ3n) is 4.05. The SMILES string of the molecule is COCCNCC(=O)Nc1ccc(-c2nnc3n2CCCC3)cc1. The van der Waals surface area contributed by atoms with E-state index in [4.69, 9.17) is 4.74 Å². The summed E-state index contributed by atoms with van der Waals surface area (Å²) < 4.78 is 7.11. The summed E-state index contributed by atoms with van der Waals surface area (Å²) in [5, 5.41) is 14.5. The van der Waals surface area contributed by atoms with E-state index in [0.29, 0.717) is 13.2 Å². The molecule has 0 aliphatic carbocycles. The van der Waals surface area contributed by atoms with Crippen LogP contribution in [0.4, 0.5) is 5.69 Å². The lowest BCUT2D eigenvalue weighted by atomic mass is 10.1. The monoisotopic (exact) mass is 329 g/mol. The standard InChI is InChI=1S/C17H23N5O2/c1-24-11-9-18-12-16(23)19-14-7-5-13(6-8-14)17-21-20-15-4-2-3-10-22(15)17/h5-8,18H,2-4,9-12H2,1H3,(H,19,23). The third-order valence-corrected chi connectivity index (χ3v) is 4.05. The number of carbonyl (C=O) groups is 1. The Hall–Kier alpha value is -2.25. The van der Waals surface area contributed by atoms with Gasteiger partial charge in [0.1, 0.15) is 5.82 Å². The van der Waals surface area contributed by atoms with Gasteiger partial charge >= 0.3 is 0 Å². The number of carbonyl (C=O) groups excluding carboxylic acids is 1. The molecular formula is C17H23N5O2. The molecule has 0 radical (unpaired) electrons. The Labute approximate surface area is 141 Å². The minimum Gasteiger partial charge on any atom is -0.383 e. The normalized spacial score (nSPS) is 13.5. The maximum absolute atomic E-state index is 11.8. The van der Waals surface area contributed by atoms with E-state index >= 15 is 0 Å². The molecule has 2 aromatic rings. The van der Waals surface area contributed by atoms with Crippen molar-refractivity contribution >= 4 is 11.6 Å². The van der Waals surface area contributed by atoms with E-state index in [2.05, 4.69) is 25.4 Å². The van der Waals surface area contributed by atoms with Crippen LogP contribution in [-0.2, 0) is 22.5 Å². The molecule has 24 heavy (non-hydrogen) atoms. The van der Waals surface area contributed by atoms with Crippen LogP contribution in [-0.4, -0.2) is 47.5 Å². The minimum atomic E-state index is -0.0706. The van der Waals surface area contributed by atoms with Gasteiger partial charge in [-0.05, 0) is 37.1 Å². The topological polar surface area (TPSA) is 81.1 Å². The summed E-state index contributed by atoms with van der Waals surface area (Å²) in [5.74, 6) is 1.90. The van der Waals surface area contributed by atoms with Gasteiger partial charge in [0.15, 0.2) is 5.82 Å². The lowest BCUT2D eigenvalue weighted by Gasteiger charge is -2.14. The van der Waals surface area contributed by atoms with Gasteiger partial charge in [-0.15, -0.1) is 10.2 Å². The van der Waals surface area contributed by atoms with Crippen molar-refractivity contribution in [3.63, 3.8) is 0 Å². The zero-order chi connectivity index (χ0) is 16.8. The molecule has 0 fully saturated rings. The average molecular weight is 329 g/mol. The predicted molar refractivity (Wildman–Crippen MR) is 91.8 cm³/mol. The van der Waals surface area contributed by atoms with Gasteiger partial charge in [-0.25, -0.2) is 0 Å². The van der Waals surface area contributed by atoms with Crippen molar-refractivity contribution in [2.45, 2.75) is 25.8 Å². The molecule has 0 unspecified atom stereocenters. The van der Waals surface area contributed by atoms with Crippen molar-refractivity contribution in [1.82, 2.24) is 20.1 Å². The van der Waals surface area contributed by atoms with Crippen LogP contribution in [0.25, 0.3) is 11.4 Å². The molecule has 1 aliphatic rings. The Morgan fingerprint density at radius 1 is 1.25 bits per heavy atom.